The van der Waals surface area contributed by atoms with Crippen LogP contribution in [0, 0.1) is 5.92 Å². The van der Waals surface area contributed by atoms with Crippen molar-refractivity contribution < 1.29 is 9.59 Å². The first-order valence-corrected chi connectivity index (χ1v) is 10.7. The Bertz CT molecular complexity index is 657. The molecule has 5 nitrogen and oxygen atoms in total. The topological polar surface area (TPSA) is 61.4 Å². The van der Waals surface area contributed by atoms with Gasteiger partial charge in [0.25, 0.3) is 0 Å². The highest BCUT2D eigenvalue weighted by molar-refractivity contribution is 7.98. The fraction of sp³-hybridized carbons (Fsp3) is 0.524. The van der Waals surface area contributed by atoms with Gasteiger partial charge in [-0.2, -0.15) is 0 Å². The van der Waals surface area contributed by atoms with Gasteiger partial charge in [0.1, 0.15) is 0 Å². The number of piperidine rings is 1. The molecule has 0 atom stereocenters. The number of amides is 3. The molecule has 1 fully saturated rings. The molecule has 0 radical (unpaired) electrons. The molecule has 0 aliphatic carbocycles. The SMILES string of the molecule is CSc1ccc(/C=C/C(=O)NCC2CCN(C(=O)NC(C)(C)C)CC2)cc1. The van der Waals surface area contributed by atoms with Gasteiger partial charge in [0.15, 0.2) is 0 Å². The largest absolute Gasteiger partial charge is 0.352 e. The quantitative estimate of drug-likeness (QED) is 0.595. The Kier molecular flexibility index (Phi) is 7.78. The van der Waals surface area contributed by atoms with Gasteiger partial charge in [-0.15, -0.1) is 11.8 Å². The number of carbonyl (C=O) groups is 2. The van der Waals surface area contributed by atoms with E-state index in [-0.39, 0.29) is 17.5 Å². The number of thioether (sulfide) groups is 1. The second-order valence-electron chi connectivity index (χ2n) is 7.96. The zero-order valence-electron chi connectivity index (χ0n) is 16.7. The molecule has 27 heavy (non-hydrogen) atoms. The lowest BCUT2D eigenvalue weighted by molar-refractivity contribution is -0.116. The van der Waals surface area contributed by atoms with Crippen LogP contribution in [0.1, 0.15) is 39.2 Å². The third-order valence-corrected chi connectivity index (χ3v) is 5.24. The minimum atomic E-state index is -0.218. The van der Waals surface area contributed by atoms with Gasteiger partial charge in [-0.1, -0.05) is 12.1 Å². The molecule has 0 unspecified atom stereocenters. The van der Waals surface area contributed by atoms with E-state index >= 15 is 0 Å². The second kappa shape index (κ2) is 9.83. The highest BCUT2D eigenvalue weighted by Crippen LogP contribution is 2.17. The van der Waals surface area contributed by atoms with Crippen LogP contribution in [0.2, 0.25) is 0 Å². The summed E-state index contributed by atoms with van der Waals surface area (Å²) in [5.74, 6) is 0.346. The number of hydrogen-bond donors (Lipinski definition) is 2. The lowest BCUT2D eigenvalue weighted by Crippen LogP contribution is -2.51. The van der Waals surface area contributed by atoms with Crippen molar-refractivity contribution in [1.29, 1.82) is 0 Å². The van der Waals surface area contributed by atoms with Crippen molar-refractivity contribution in [2.24, 2.45) is 5.92 Å². The number of carbonyl (C=O) groups excluding carboxylic acids is 2. The minimum Gasteiger partial charge on any atom is -0.352 e. The van der Waals surface area contributed by atoms with E-state index in [0.717, 1.165) is 31.5 Å². The average molecular weight is 390 g/mol. The molecule has 1 aliphatic heterocycles. The Balaban J connectivity index is 1.70. The summed E-state index contributed by atoms with van der Waals surface area (Å²) in [4.78, 5) is 27.3. The van der Waals surface area contributed by atoms with Crippen molar-refractivity contribution in [3.05, 3.63) is 35.9 Å². The van der Waals surface area contributed by atoms with Crippen LogP contribution in [0.5, 0.6) is 0 Å². The van der Waals surface area contributed by atoms with E-state index in [4.69, 9.17) is 0 Å². The summed E-state index contributed by atoms with van der Waals surface area (Å²) in [6.45, 7) is 8.08. The molecule has 0 bridgehead atoms. The Morgan fingerprint density at radius 3 is 2.37 bits per heavy atom. The van der Waals surface area contributed by atoms with E-state index in [1.54, 1.807) is 17.8 Å². The van der Waals surface area contributed by atoms with Gasteiger partial charge in [-0.25, -0.2) is 4.79 Å². The molecule has 0 aromatic heterocycles. The molecule has 3 amide bonds. The summed E-state index contributed by atoms with van der Waals surface area (Å²) >= 11 is 1.70. The van der Waals surface area contributed by atoms with Gasteiger partial charge in [-0.3, -0.25) is 4.79 Å². The summed E-state index contributed by atoms with van der Waals surface area (Å²) in [6, 6.07) is 8.11. The Labute approximate surface area is 167 Å². The van der Waals surface area contributed by atoms with Crippen LogP contribution in [0.15, 0.2) is 35.2 Å². The Morgan fingerprint density at radius 2 is 1.81 bits per heavy atom. The molecule has 2 N–H and O–H groups in total. The molecule has 0 spiro atoms. The molecular weight excluding hydrogens is 358 g/mol. The van der Waals surface area contributed by atoms with Crippen LogP contribution in [-0.2, 0) is 4.79 Å². The lowest BCUT2D eigenvalue weighted by Gasteiger charge is -2.34. The maximum Gasteiger partial charge on any atom is 0.317 e. The smallest absolute Gasteiger partial charge is 0.317 e. The highest BCUT2D eigenvalue weighted by atomic mass is 32.2. The molecule has 1 saturated heterocycles. The summed E-state index contributed by atoms with van der Waals surface area (Å²) in [5, 5.41) is 5.98. The Hall–Kier alpha value is -1.95. The van der Waals surface area contributed by atoms with Crippen molar-refractivity contribution in [1.82, 2.24) is 15.5 Å². The van der Waals surface area contributed by atoms with Gasteiger partial charge in [0.2, 0.25) is 5.91 Å². The number of benzene rings is 1. The fourth-order valence-electron chi connectivity index (χ4n) is 2.93. The van der Waals surface area contributed by atoms with Gasteiger partial charge in [0, 0.05) is 36.1 Å². The predicted molar refractivity (Wildman–Crippen MR) is 113 cm³/mol. The lowest BCUT2D eigenvalue weighted by atomic mass is 9.97. The molecule has 1 heterocycles. The van der Waals surface area contributed by atoms with Crippen molar-refractivity contribution in [2.75, 3.05) is 25.9 Å². The van der Waals surface area contributed by atoms with Crippen LogP contribution in [0.4, 0.5) is 4.79 Å². The predicted octanol–water partition coefficient (Wildman–Crippen LogP) is 3.76. The van der Waals surface area contributed by atoms with Gasteiger partial charge in [0.05, 0.1) is 0 Å². The van der Waals surface area contributed by atoms with E-state index < -0.39 is 0 Å². The maximum atomic E-state index is 12.2. The van der Waals surface area contributed by atoms with Gasteiger partial charge >= 0.3 is 6.03 Å². The molecular formula is C21H31N3O2S. The van der Waals surface area contributed by atoms with E-state index in [0.29, 0.717) is 12.5 Å². The van der Waals surface area contributed by atoms with Crippen molar-refractivity contribution >= 4 is 29.8 Å². The second-order valence-corrected chi connectivity index (χ2v) is 8.84. The maximum absolute atomic E-state index is 12.2. The summed E-state index contributed by atoms with van der Waals surface area (Å²) in [7, 11) is 0. The normalized spacial score (nSPS) is 15.8. The zero-order chi connectivity index (χ0) is 19.9. The standard InChI is InChI=1S/C21H31N3O2S/c1-21(2,3)23-20(26)24-13-11-17(12-14-24)15-22-19(25)10-7-16-5-8-18(27-4)9-6-16/h5-10,17H,11-15H2,1-4H3,(H,22,25)(H,23,26)/b10-7+. The van der Waals surface area contributed by atoms with E-state index in [1.165, 1.54) is 4.90 Å². The highest BCUT2D eigenvalue weighted by Gasteiger charge is 2.25. The first-order valence-electron chi connectivity index (χ1n) is 9.44. The summed E-state index contributed by atoms with van der Waals surface area (Å²) < 4.78 is 0. The molecule has 148 valence electrons. The molecule has 6 heteroatoms. The van der Waals surface area contributed by atoms with E-state index in [2.05, 4.69) is 10.6 Å². The average Bonchev–Trinajstić information content (AvgIpc) is 2.64. The first-order chi connectivity index (χ1) is 12.8. The van der Waals surface area contributed by atoms with Crippen molar-refractivity contribution in [3.8, 4) is 0 Å². The number of hydrogen-bond acceptors (Lipinski definition) is 3. The van der Waals surface area contributed by atoms with Crippen LogP contribution in [0.25, 0.3) is 6.08 Å². The molecule has 1 aromatic rings. The monoisotopic (exact) mass is 389 g/mol. The third-order valence-electron chi connectivity index (χ3n) is 4.49. The van der Waals surface area contributed by atoms with Crippen molar-refractivity contribution in [3.63, 3.8) is 0 Å². The number of likely N-dealkylation sites (tertiary alicyclic amines) is 1. The van der Waals surface area contributed by atoms with E-state index in [1.807, 2.05) is 62.3 Å². The number of rotatable bonds is 5. The summed E-state index contributed by atoms with van der Waals surface area (Å²) in [5.41, 5.74) is 0.797. The van der Waals surface area contributed by atoms with Crippen LogP contribution in [-0.4, -0.2) is 48.3 Å². The third kappa shape index (κ3) is 7.67. The van der Waals surface area contributed by atoms with E-state index in [9.17, 15) is 9.59 Å². The van der Waals surface area contributed by atoms with Crippen LogP contribution < -0.4 is 10.6 Å². The molecule has 2 rings (SSSR count). The van der Waals surface area contributed by atoms with Gasteiger partial charge < -0.3 is 15.5 Å². The number of nitrogens with one attached hydrogen (secondary N) is 2. The molecule has 1 aliphatic rings. The summed E-state index contributed by atoms with van der Waals surface area (Å²) in [6.07, 6.45) is 7.29. The van der Waals surface area contributed by atoms with Crippen molar-refractivity contribution in [2.45, 2.75) is 44.0 Å². The van der Waals surface area contributed by atoms with Crippen LogP contribution in [0.3, 0.4) is 0 Å². The zero-order valence-corrected chi connectivity index (χ0v) is 17.6. The fourth-order valence-corrected chi connectivity index (χ4v) is 3.34. The van der Waals surface area contributed by atoms with Crippen LogP contribution >= 0.6 is 11.8 Å². The first kappa shape index (κ1) is 21.4. The molecule has 0 saturated carbocycles. The Morgan fingerprint density at radius 1 is 1.19 bits per heavy atom. The number of urea groups is 1. The molecule has 1 aromatic carbocycles. The van der Waals surface area contributed by atoms with Gasteiger partial charge in [-0.05, 0) is 69.6 Å². The number of nitrogens with zero attached hydrogens (tertiary/aromatic N) is 1. The minimum absolute atomic E-state index is 0.000380.